The summed E-state index contributed by atoms with van der Waals surface area (Å²) in [5.74, 6) is 3.19. The van der Waals surface area contributed by atoms with Gasteiger partial charge in [0.15, 0.2) is 5.96 Å². The highest BCUT2D eigenvalue weighted by Crippen LogP contribution is 2.25. The molecule has 1 aliphatic rings. The number of halogens is 1. The third-order valence-corrected chi connectivity index (χ3v) is 5.60. The Bertz CT molecular complexity index is 506. The van der Waals surface area contributed by atoms with Crippen LogP contribution in [0.25, 0.3) is 0 Å². The van der Waals surface area contributed by atoms with Crippen molar-refractivity contribution in [1.82, 2.24) is 10.2 Å². The number of rotatable bonds is 5. The third-order valence-electron chi connectivity index (χ3n) is 4.06. The Kier molecular flexibility index (Phi) is 8.94. The Hall–Kier alpha value is -0.410. The molecule has 0 aromatic carbocycles. The summed E-state index contributed by atoms with van der Waals surface area (Å²) in [5.41, 5.74) is -1.09. The summed E-state index contributed by atoms with van der Waals surface area (Å²) in [6, 6.07) is 3.57. The van der Waals surface area contributed by atoms with Gasteiger partial charge in [-0.3, -0.25) is 0 Å². The number of thioether (sulfide) groups is 1. The lowest BCUT2D eigenvalue weighted by molar-refractivity contribution is 0.0434. The van der Waals surface area contributed by atoms with Crippen LogP contribution in [-0.2, 0) is 5.60 Å². The number of hydrogen-bond donors (Lipinski definition) is 2. The predicted octanol–water partition coefficient (Wildman–Crippen LogP) is 3.14. The molecular formula is C17H30IN3O2S. The monoisotopic (exact) mass is 467 g/mol. The zero-order valence-corrected chi connectivity index (χ0v) is 18.1. The molecule has 0 bridgehead atoms. The molecule has 0 spiro atoms. The van der Waals surface area contributed by atoms with E-state index in [1.807, 2.05) is 11.8 Å². The molecule has 2 rings (SSSR count). The molecule has 0 radical (unpaired) electrons. The molecule has 0 aliphatic carbocycles. The first-order valence-electron chi connectivity index (χ1n) is 8.35. The molecule has 1 fully saturated rings. The summed E-state index contributed by atoms with van der Waals surface area (Å²) >= 11 is 2.04. The predicted molar refractivity (Wildman–Crippen MR) is 112 cm³/mol. The SMILES string of the molecule is CCNC(=NCC(C)(O)c1ccco1)N1CCSC(C(C)C)C1.I. The van der Waals surface area contributed by atoms with E-state index in [9.17, 15) is 5.11 Å². The molecule has 1 aliphatic heterocycles. The van der Waals surface area contributed by atoms with E-state index < -0.39 is 5.60 Å². The van der Waals surface area contributed by atoms with Crippen LogP contribution >= 0.6 is 35.7 Å². The summed E-state index contributed by atoms with van der Waals surface area (Å²) in [4.78, 5) is 6.98. The first-order valence-corrected chi connectivity index (χ1v) is 9.40. The number of aliphatic imine (C=N–C) groups is 1. The van der Waals surface area contributed by atoms with Crippen molar-refractivity contribution >= 4 is 41.7 Å². The summed E-state index contributed by atoms with van der Waals surface area (Å²) in [7, 11) is 0. The lowest BCUT2D eigenvalue weighted by Crippen LogP contribution is -2.49. The molecule has 7 heteroatoms. The summed E-state index contributed by atoms with van der Waals surface area (Å²) in [6.45, 7) is 11.4. The highest BCUT2D eigenvalue weighted by molar-refractivity contribution is 14.0. The molecular weight excluding hydrogens is 437 g/mol. The Balaban J connectivity index is 0.00000288. The van der Waals surface area contributed by atoms with Crippen LogP contribution in [0.1, 0.15) is 33.5 Å². The summed E-state index contributed by atoms with van der Waals surface area (Å²) in [6.07, 6.45) is 1.58. The number of aliphatic hydroxyl groups is 1. The lowest BCUT2D eigenvalue weighted by Gasteiger charge is -2.36. The molecule has 2 unspecified atom stereocenters. The van der Waals surface area contributed by atoms with Crippen molar-refractivity contribution in [3.8, 4) is 0 Å². The van der Waals surface area contributed by atoms with Gasteiger partial charge in [0, 0.05) is 30.6 Å². The van der Waals surface area contributed by atoms with E-state index in [1.54, 1.807) is 25.3 Å². The normalized spacial score (nSPS) is 21.3. The lowest BCUT2D eigenvalue weighted by atomic mass is 10.0. The largest absolute Gasteiger partial charge is 0.466 e. The molecule has 1 aromatic rings. The maximum Gasteiger partial charge on any atom is 0.194 e. The second-order valence-corrected chi connectivity index (χ2v) is 7.87. The van der Waals surface area contributed by atoms with Gasteiger partial charge >= 0.3 is 0 Å². The minimum absolute atomic E-state index is 0. The fraction of sp³-hybridized carbons (Fsp3) is 0.706. The average molecular weight is 467 g/mol. The topological polar surface area (TPSA) is 61.0 Å². The zero-order valence-electron chi connectivity index (χ0n) is 15.0. The van der Waals surface area contributed by atoms with Crippen LogP contribution in [0.2, 0.25) is 0 Å². The molecule has 138 valence electrons. The van der Waals surface area contributed by atoms with Crippen LogP contribution < -0.4 is 5.32 Å². The quantitative estimate of drug-likeness (QED) is 0.396. The Labute approximate surface area is 166 Å². The minimum Gasteiger partial charge on any atom is -0.466 e. The Morgan fingerprint density at radius 2 is 2.33 bits per heavy atom. The van der Waals surface area contributed by atoms with Gasteiger partial charge in [0.2, 0.25) is 0 Å². The van der Waals surface area contributed by atoms with Crippen LogP contribution in [0.15, 0.2) is 27.8 Å². The van der Waals surface area contributed by atoms with E-state index in [0.29, 0.717) is 16.9 Å². The van der Waals surface area contributed by atoms with Gasteiger partial charge in [-0.25, -0.2) is 4.99 Å². The van der Waals surface area contributed by atoms with Crippen molar-refractivity contribution in [2.24, 2.45) is 10.9 Å². The van der Waals surface area contributed by atoms with E-state index in [-0.39, 0.29) is 30.5 Å². The van der Waals surface area contributed by atoms with Gasteiger partial charge in [-0.1, -0.05) is 13.8 Å². The molecule has 0 saturated carbocycles. The fourth-order valence-electron chi connectivity index (χ4n) is 2.59. The van der Waals surface area contributed by atoms with Gasteiger partial charge in [-0.05, 0) is 31.9 Å². The van der Waals surface area contributed by atoms with Crippen molar-refractivity contribution in [3.05, 3.63) is 24.2 Å². The third kappa shape index (κ3) is 5.84. The van der Waals surface area contributed by atoms with Crippen molar-refractivity contribution in [1.29, 1.82) is 0 Å². The molecule has 24 heavy (non-hydrogen) atoms. The van der Waals surface area contributed by atoms with E-state index in [1.165, 1.54) is 0 Å². The number of furan rings is 1. The van der Waals surface area contributed by atoms with Gasteiger partial charge in [0.1, 0.15) is 11.4 Å². The Morgan fingerprint density at radius 3 is 2.92 bits per heavy atom. The van der Waals surface area contributed by atoms with Crippen LogP contribution in [-0.4, -0.2) is 53.1 Å². The smallest absolute Gasteiger partial charge is 0.194 e. The van der Waals surface area contributed by atoms with Gasteiger partial charge in [0.05, 0.1) is 12.8 Å². The molecule has 5 nitrogen and oxygen atoms in total. The van der Waals surface area contributed by atoms with Gasteiger partial charge in [-0.15, -0.1) is 24.0 Å². The first kappa shape index (κ1) is 21.6. The van der Waals surface area contributed by atoms with Crippen LogP contribution in [0.5, 0.6) is 0 Å². The van der Waals surface area contributed by atoms with Crippen LogP contribution in [0.4, 0.5) is 0 Å². The van der Waals surface area contributed by atoms with Gasteiger partial charge in [0.25, 0.3) is 0 Å². The Morgan fingerprint density at radius 1 is 1.58 bits per heavy atom. The highest BCUT2D eigenvalue weighted by atomic mass is 127. The highest BCUT2D eigenvalue weighted by Gasteiger charge is 2.28. The molecule has 2 N–H and O–H groups in total. The van der Waals surface area contributed by atoms with E-state index in [4.69, 9.17) is 4.42 Å². The maximum absolute atomic E-state index is 10.6. The van der Waals surface area contributed by atoms with Gasteiger partial charge in [-0.2, -0.15) is 11.8 Å². The van der Waals surface area contributed by atoms with Crippen molar-refractivity contribution < 1.29 is 9.52 Å². The van der Waals surface area contributed by atoms with E-state index >= 15 is 0 Å². The van der Waals surface area contributed by atoms with Crippen LogP contribution in [0, 0.1) is 5.92 Å². The van der Waals surface area contributed by atoms with Crippen molar-refractivity contribution in [2.45, 2.75) is 38.5 Å². The standard InChI is InChI=1S/C17H29N3O2S.HI/c1-5-18-16(20-8-10-23-14(11-20)13(2)3)19-12-17(4,21)15-7-6-9-22-15;/h6-7,9,13-14,21H,5,8,10-12H2,1-4H3,(H,18,19);1H. The van der Waals surface area contributed by atoms with Crippen LogP contribution in [0.3, 0.4) is 0 Å². The van der Waals surface area contributed by atoms with Crippen molar-refractivity contribution in [2.75, 3.05) is 31.9 Å². The molecule has 2 atom stereocenters. The van der Waals surface area contributed by atoms with E-state index in [0.717, 1.165) is 31.3 Å². The van der Waals surface area contributed by atoms with Crippen molar-refractivity contribution in [3.63, 3.8) is 0 Å². The zero-order chi connectivity index (χ0) is 16.9. The number of nitrogens with zero attached hydrogens (tertiary/aromatic N) is 2. The van der Waals surface area contributed by atoms with E-state index in [2.05, 4.69) is 36.0 Å². The first-order chi connectivity index (χ1) is 10.9. The average Bonchev–Trinajstić information content (AvgIpc) is 3.07. The number of guanidine groups is 1. The van der Waals surface area contributed by atoms with Gasteiger partial charge < -0.3 is 19.7 Å². The second kappa shape index (κ2) is 9.91. The molecule has 1 saturated heterocycles. The molecule has 0 amide bonds. The molecule has 2 heterocycles. The minimum atomic E-state index is -1.09. The second-order valence-electron chi connectivity index (χ2n) is 6.52. The summed E-state index contributed by atoms with van der Waals surface area (Å²) in [5, 5.41) is 14.6. The fourth-order valence-corrected chi connectivity index (χ4v) is 3.89. The number of nitrogens with one attached hydrogen (secondary N) is 1. The summed E-state index contributed by atoms with van der Waals surface area (Å²) < 4.78 is 5.33. The maximum atomic E-state index is 10.6. The number of hydrogen-bond acceptors (Lipinski definition) is 4. The molecule has 1 aromatic heterocycles.